The maximum Gasteiger partial charge on any atom is 0.329 e. The van der Waals surface area contributed by atoms with Gasteiger partial charge in [0.15, 0.2) is 0 Å². The Morgan fingerprint density at radius 1 is 0.930 bits per heavy atom. The van der Waals surface area contributed by atoms with Gasteiger partial charge in [0.1, 0.15) is 24.0 Å². The molecule has 1 saturated carbocycles. The summed E-state index contributed by atoms with van der Waals surface area (Å²) in [5.41, 5.74) is 1.61. The molecule has 2 saturated heterocycles. The van der Waals surface area contributed by atoms with Crippen molar-refractivity contribution in [3.05, 3.63) is 36.0 Å². The monoisotopic (exact) mass is 803 g/mol. The van der Waals surface area contributed by atoms with Crippen molar-refractivity contribution >= 4 is 23.4 Å². The summed E-state index contributed by atoms with van der Waals surface area (Å²) in [4.78, 5) is 57.8. The number of cyclic esters (lactones) is 1. The van der Waals surface area contributed by atoms with Crippen molar-refractivity contribution in [2.75, 3.05) is 27.9 Å². The fourth-order valence-electron chi connectivity index (χ4n) is 9.42. The number of ether oxygens (including phenoxy) is 5. The number of Topliss-reactive ketones (excluding diaryl/α,β-unsaturated/α-hetero) is 2. The Labute approximate surface area is 339 Å². The van der Waals surface area contributed by atoms with Gasteiger partial charge in [-0.15, -0.1) is 6.58 Å². The van der Waals surface area contributed by atoms with Crippen LogP contribution in [-0.2, 0) is 42.9 Å². The molecule has 3 heterocycles. The Bertz CT molecular complexity index is 1480. The van der Waals surface area contributed by atoms with Crippen molar-refractivity contribution in [3.63, 3.8) is 0 Å². The first-order chi connectivity index (χ1) is 27.0. The van der Waals surface area contributed by atoms with Gasteiger partial charge in [-0.05, 0) is 95.5 Å². The van der Waals surface area contributed by atoms with Crippen molar-refractivity contribution in [1.29, 1.82) is 0 Å². The topological polar surface area (TPSA) is 178 Å². The van der Waals surface area contributed by atoms with Gasteiger partial charge in [-0.3, -0.25) is 14.4 Å². The number of aliphatic hydroxyl groups excluding tert-OH is 2. The second-order valence-electron chi connectivity index (χ2n) is 17.3. The molecule has 3 N–H and O–H groups in total. The van der Waals surface area contributed by atoms with Crippen LogP contribution in [0, 0.1) is 29.6 Å². The van der Waals surface area contributed by atoms with E-state index in [2.05, 4.69) is 6.58 Å². The average molecular weight is 804 g/mol. The van der Waals surface area contributed by atoms with Crippen LogP contribution in [0.4, 0.5) is 0 Å². The van der Waals surface area contributed by atoms with Crippen molar-refractivity contribution in [2.45, 2.75) is 160 Å². The smallest absolute Gasteiger partial charge is 0.329 e. The highest BCUT2D eigenvalue weighted by Crippen LogP contribution is 2.39. The minimum absolute atomic E-state index is 0.00988. The lowest BCUT2D eigenvalue weighted by molar-refractivity contribution is -0.302. The molecule has 14 atom stereocenters. The van der Waals surface area contributed by atoms with Gasteiger partial charge in [-0.2, -0.15) is 0 Å². The van der Waals surface area contributed by atoms with Gasteiger partial charge < -0.3 is 43.9 Å². The van der Waals surface area contributed by atoms with E-state index >= 15 is 0 Å². The van der Waals surface area contributed by atoms with Crippen molar-refractivity contribution in [3.8, 4) is 0 Å². The van der Waals surface area contributed by atoms with Gasteiger partial charge in [0.25, 0.3) is 11.7 Å². The lowest BCUT2D eigenvalue weighted by Gasteiger charge is -2.47. The molecule has 322 valence electrons. The number of aliphatic hydroxyl groups is 3. The lowest BCUT2D eigenvalue weighted by Crippen LogP contribution is -2.64. The molecule has 0 spiro atoms. The van der Waals surface area contributed by atoms with E-state index < -0.39 is 83.9 Å². The first kappa shape index (κ1) is 46.9. The Kier molecular flexibility index (Phi) is 17.2. The normalized spacial score (nSPS) is 41.0. The van der Waals surface area contributed by atoms with E-state index in [0.29, 0.717) is 56.9 Å². The van der Waals surface area contributed by atoms with Gasteiger partial charge in [-0.1, -0.05) is 44.6 Å². The van der Waals surface area contributed by atoms with Crippen LogP contribution >= 0.6 is 0 Å². The lowest BCUT2D eigenvalue weighted by atomic mass is 9.81. The van der Waals surface area contributed by atoms with Gasteiger partial charge in [0.05, 0.1) is 30.5 Å². The third kappa shape index (κ3) is 11.3. The molecular weight excluding hydrogens is 734 g/mol. The number of hydrogen-bond donors (Lipinski definition) is 3. The number of nitrogens with zero attached hydrogens (tertiary/aromatic N) is 1. The zero-order chi connectivity index (χ0) is 42.2. The number of esters is 1. The second kappa shape index (κ2) is 21.0. The Hall–Kier alpha value is -2.78. The van der Waals surface area contributed by atoms with E-state index in [1.54, 1.807) is 27.0 Å². The minimum Gasteiger partial charge on any atom is -0.456 e. The summed E-state index contributed by atoms with van der Waals surface area (Å²) in [6.07, 6.45) is 4.93. The highest BCUT2D eigenvalue weighted by atomic mass is 16.7. The van der Waals surface area contributed by atoms with Crippen LogP contribution in [-0.4, -0.2) is 126 Å². The molecule has 0 radical (unpaired) electrons. The summed E-state index contributed by atoms with van der Waals surface area (Å²) in [6, 6.07) is -1.14. The van der Waals surface area contributed by atoms with E-state index in [1.807, 2.05) is 32.9 Å². The number of carbonyl (C=O) groups is 4. The van der Waals surface area contributed by atoms with Crippen molar-refractivity contribution in [1.82, 2.24) is 4.90 Å². The zero-order valence-electron chi connectivity index (χ0n) is 35.4. The predicted octanol–water partition coefficient (Wildman–Crippen LogP) is 4.64. The Morgan fingerprint density at radius 3 is 2.25 bits per heavy atom. The standard InChI is InChI=1S/C44H69NO12/c1-10-13-31-19-25(2)18-26(3)20-37(54-8)40-38(55-9)22-28(5)44(52,57-40)41(49)42(50)45-17-12-11-14-32(45)43(51)56-39(29(6)34(47)24-35(31)48)27(4)21-30-15-16-33(46)36(23-30)53-7/h10,19,21,26,28-34,36-40,46-47,52H,1,11-18,20,22-24H2,2-9H3/b25-19+,27-21+/t26-,28-,29-,30-,31-,32-,33+,34+,36+,37-,38+,39-,40-,44+/m1/s1. The molecule has 4 aliphatic rings. The quantitative estimate of drug-likeness (QED) is 0.185. The molecular formula is C44H69NO12. The highest BCUT2D eigenvalue weighted by molar-refractivity contribution is 6.39. The second-order valence-corrected chi connectivity index (χ2v) is 17.3. The highest BCUT2D eigenvalue weighted by Gasteiger charge is 2.56. The van der Waals surface area contributed by atoms with Crippen LogP contribution < -0.4 is 0 Å². The zero-order valence-corrected chi connectivity index (χ0v) is 35.4. The van der Waals surface area contributed by atoms with Crippen LogP contribution in [0.15, 0.2) is 36.0 Å². The van der Waals surface area contributed by atoms with Gasteiger partial charge in [-0.25, -0.2) is 4.79 Å². The average Bonchev–Trinajstić information content (AvgIpc) is 3.18. The number of ketones is 2. The SMILES string of the molecule is C=CC[C@@H]1/C=C(\C)C[C@@H](C)C[C@@H](OC)[C@H]2O[C@](O)(C(=O)C(=O)N3CCCC[C@@H]3C(=O)O[C@H](/C(C)=C/[C@H]3CC[C@H](O)[C@@H](OC)C3)[C@H](C)[C@@H](O)CC1=O)[C@H](C)C[C@@H]2OC. The van der Waals surface area contributed by atoms with Gasteiger partial charge in [0.2, 0.25) is 5.79 Å². The van der Waals surface area contributed by atoms with Crippen LogP contribution in [0.2, 0.25) is 0 Å². The van der Waals surface area contributed by atoms with Crippen LogP contribution in [0.1, 0.15) is 105 Å². The molecule has 13 heteroatoms. The maximum atomic E-state index is 14.3. The molecule has 4 rings (SSSR count). The first-order valence-corrected chi connectivity index (χ1v) is 20.9. The Balaban J connectivity index is 1.78. The molecule has 3 fully saturated rings. The molecule has 57 heavy (non-hydrogen) atoms. The van der Waals surface area contributed by atoms with Crippen LogP contribution in [0.3, 0.4) is 0 Å². The molecule has 3 aliphatic heterocycles. The molecule has 2 bridgehead atoms. The molecule has 0 unspecified atom stereocenters. The molecule has 1 aliphatic carbocycles. The predicted molar refractivity (Wildman–Crippen MR) is 213 cm³/mol. The minimum atomic E-state index is -2.51. The number of amides is 1. The van der Waals surface area contributed by atoms with Gasteiger partial charge in [0, 0.05) is 52.0 Å². The van der Waals surface area contributed by atoms with Crippen LogP contribution in [0.25, 0.3) is 0 Å². The van der Waals surface area contributed by atoms with E-state index in [4.69, 9.17) is 23.7 Å². The number of fused-ring (bicyclic) bond motifs is 3. The van der Waals surface area contributed by atoms with Crippen LogP contribution in [0.5, 0.6) is 0 Å². The first-order valence-electron chi connectivity index (χ1n) is 20.9. The molecule has 1 amide bonds. The molecule has 0 aromatic heterocycles. The van der Waals surface area contributed by atoms with Gasteiger partial charge >= 0.3 is 5.97 Å². The fourth-order valence-corrected chi connectivity index (χ4v) is 9.42. The summed E-state index contributed by atoms with van der Waals surface area (Å²) in [5.74, 6) is -7.76. The fraction of sp³-hybridized carbons (Fsp3) is 0.773. The van der Waals surface area contributed by atoms with Crippen molar-refractivity contribution in [2.24, 2.45) is 29.6 Å². The summed E-state index contributed by atoms with van der Waals surface area (Å²) in [5, 5.41) is 34.1. The van der Waals surface area contributed by atoms with Crippen molar-refractivity contribution < 1.29 is 58.2 Å². The number of hydrogen-bond acceptors (Lipinski definition) is 12. The maximum absolute atomic E-state index is 14.3. The van der Waals surface area contributed by atoms with E-state index in [9.17, 15) is 34.5 Å². The summed E-state index contributed by atoms with van der Waals surface area (Å²) < 4.78 is 29.7. The summed E-state index contributed by atoms with van der Waals surface area (Å²) in [7, 11) is 4.61. The third-order valence-corrected chi connectivity index (χ3v) is 12.9. The number of methoxy groups -OCH3 is 3. The number of piperidine rings is 1. The van der Waals surface area contributed by atoms with E-state index in [0.717, 1.165) is 5.57 Å². The molecule has 0 aromatic carbocycles. The number of allylic oxidation sites excluding steroid dienone is 4. The molecule has 0 aromatic rings. The largest absolute Gasteiger partial charge is 0.456 e. The van der Waals surface area contributed by atoms with E-state index in [-0.39, 0.29) is 49.5 Å². The number of carbonyl (C=O) groups excluding carboxylic acids is 4. The van der Waals surface area contributed by atoms with E-state index in [1.165, 1.54) is 19.1 Å². The molecule has 13 nitrogen and oxygen atoms in total. The Morgan fingerprint density at radius 2 is 1.60 bits per heavy atom. The summed E-state index contributed by atoms with van der Waals surface area (Å²) >= 11 is 0. The summed E-state index contributed by atoms with van der Waals surface area (Å²) in [6.45, 7) is 13.1. The third-order valence-electron chi connectivity index (χ3n) is 12.9. The number of rotatable bonds is 7.